The molecular formula is C10H15ClN2O2. The van der Waals surface area contributed by atoms with Crippen molar-refractivity contribution in [3.63, 3.8) is 0 Å². The molecule has 1 aliphatic rings. The molecule has 15 heavy (non-hydrogen) atoms. The topological polar surface area (TPSA) is 43.4 Å². The van der Waals surface area contributed by atoms with E-state index in [1.165, 1.54) is 0 Å². The summed E-state index contributed by atoms with van der Waals surface area (Å²) in [5, 5.41) is 3.24. The van der Waals surface area contributed by atoms with Gasteiger partial charge >= 0.3 is 0 Å². The maximum atomic E-state index is 5.65. The van der Waals surface area contributed by atoms with Gasteiger partial charge in [-0.25, -0.2) is 4.98 Å². The smallest absolute Gasteiger partial charge is 0.213 e. The molecule has 0 saturated carbocycles. The van der Waals surface area contributed by atoms with Gasteiger partial charge in [0.25, 0.3) is 0 Å². The molecule has 84 valence electrons. The third-order valence-electron chi connectivity index (χ3n) is 2.25. The summed E-state index contributed by atoms with van der Waals surface area (Å²) in [6, 6.07) is 3.68. The summed E-state index contributed by atoms with van der Waals surface area (Å²) in [5.41, 5.74) is 0. The lowest BCUT2D eigenvalue weighted by molar-refractivity contribution is 0.213. The summed E-state index contributed by atoms with van der Waals surface area (Å²) in [7, 11) is 1.62. The predicted octanol–water partition coefficient (Wildman–Crippen LogP) is 1.25. The van der Waals surface area contributed by atoms with Crippen molar-refractivity contribution in [1.29, 1.82) is 0 Å². The van der Waals surface area contributed by atoms with Gasteiger partial charge in [-0.15, -0.1) is 12.4 Å². The first-order valence-corrected chi connectivity index (χ1v) is 4.76. The third-order valence-corrected chi connectivity index (χ3v) is 2.25. The van der Waals surface area contributed by atoms with E-state index in [-0.39, 0.29) is 18.5 Å². The van der Waals surface area contributed by atoms with Crippen LogP contribution in [0, 0.1) is 0 Å². The minimum absolute atomic E-state index is 0. The zero-order valence-electron chi connectivity index (χ0n) is 8.60. The highest BCUT2D eigenvalue weighted by atomic mass is 35.5. The van der Waals surface area contributed by atoms with Crippen molar-refractivity contribution in [1.82, 2.24) is 10.3 Å². The van der Waals surface area contributed by atoms with Crippen molar-refractivity contribution in [2.24, 2.45) is 0 Å². The molecule has 0 bridgehead atoms. The number of hydrogen-bond acceptors (Lipinski definition) is 4. The van der Waals surface area contributed by atoms with Crippen molar-refractivity contribution in [2.45, 2.75) is 12.5 Å². The van der Waals surface area contributed by atoms with Crippen LogP contribution in [0.2, 0.25) is 0 Å². The molecule has 0 aromatic carbocycles. The molecule has 0 radical (unpaired) electrons. The molecule has 1 aliphatic heterocycles. The van der Waals surface area contributed by atoms with E-state index >= 15 is 0 Å². The van der Waals surface area contributed by atoms with E-state index in [9.17, 15) is 0 Å². The number of halogens is 1. The first-order chi connectivity index (χ1) is 6.88. The van der Waals surface area contributed by atoms with Crippen molar-refractivity contribution < 1.29 is 9.47 Å². The van der Waals surface area contributed by atoms with Gasteiger partial charge in [0.1, 0.15) is 11.9 Å². The zero-order chi connectivity index (χ0) is 9.80. The fourth-order valence-electron chi connectivity index (χ4n) is 1.46. The Morgan fingerprint density at radius 2 is 2.33 bits per heavy atom. The molecule has 0 amide bonds. The lowest BCUT2D eigenvalue weighted by atomic mass is 10.3. The standard InChI is InChI=1S/C10H14N2O2.ClH/c1-13-8-2-3-10(12-7-8)14-9-4-5-11-6-9;/h2-3,7,9,11H,4-6H2,1H3;1H. The van der Waals surface area contributed by atoms with Crippen LogP contribution in [0.3, 0.4) is 0 Å². The van der Waals surface area contributed by atoms with Gasteiger partial charge in [-0.3, -0.25) is 0 Å². The predicted molar refractivity (Wildman–Crippen MR) is 59.9 cm³/mol. The number of pyridine rings is 1. The van der Waals surface area contributed by atoms with Crippen molar-refractivity contribution in [3.05, 3.63) is 18.3 Å². The number of nitrogens with zero attached hydrogens (tertiary/aromatic N) is 1. The zero-order valence-corrected chi connectivity index (χ0v) is 9.42. The highest BCUT2D eigenvalue weighted by molar-refractivity contribution is 5.85. The molecule has 1 aromatic rings. The fraction of sp³-hybridized carbons (Fsp3) is 0.500. The maximum absolute atomic E-state index is 5.65. The van der Waals surface area contributed by atoms with Gasteiger partial charge in [0.05, 0.1) is 13.3 Å². The van der Waals surface area contributed by atoms with Gasteiger partial charge in [-0.05, 0) is 19.0 Å². The number of aromatic nitrogens is 1. The Kier molecular flexibility index (Phi) is 4.65. The van der Waals surface area contributed by atoms with Crippen molar-refractivity contribution >= 4 is 12.4 Å². The molecule has 1 fully saturated rings. The molecule has 2 heterocycles. The molecule has 1 aromatic heterocycles. The van der Waals surface area contributed by atoms with E-state index in [0.717, 1.165) is 25.3 Å². The van der Waals surface area contributed by atoms with E-state index in [2.05, 4.69) is 10.3 Å². The maximum Gasteiger partial charge on any atom is 0.213 e. The van der Waals surface area contributed by atoms with E-state index in [1.54, 1.807) is 13.3 Å². The van der Waals surface area contributed by atoms with Crippen LogP contribution in [-0.2, 0) is 0 Å². The van der Waals surface area contributed by atoms with E-state index < -0.39 is 0 Å². The molecule has 4 nitrogen and oxygen atoms in total. The average Bonchev–Trinajstić information content (AvgIpc) is 2.72. The summed E-state index contributed by atoms with van der Waals surface area (Å²) in [6.07, 6.45) is 2.97. The quantitative estimate of drug-likeness (QED) is 0.849. The van der Waals surface area contributed by atoms with Gasteiger partial charge in [0.15, 0.2) is 0 Å². The Labute approximate surface area is 95.4 Å². The van der Waals surface area contributed by atoms with Crippen LogP contribution in [0.1, 0.15) is 6.42 Å². The average molecular weight is 231 g/mol. The highest BCUT2D eigenvalue weighted by Crippen LogP contribution is 2.15. The molecule has 0 aliphatic carbocycles. The second kappa shape index (κ2) is 5.78. The first-order valence-electron chi connectivity index (χ1n) is 4.76. The summed E-state index contributed by atoms with van der Waals surface area (Å²) >= 11 is 0. The Bertz CT molecular complexity index is 286. The number of rotatable bonds is 3. The van der Waals surface area contributed by atoms with E-state index in [4.69, 9.17) is 9.47 Å². The van der Waals surface area contributed by atoms with Gasteiger partial charge in [0, 0.05) is 12.6 Å². The lowest BCUT2D eigenvalue weighted by Crippen LogP contribution is -2.19. The van der Waals surface area contributed by atoms with Crippen LogP contribution in [0.4, 0.5) is 0 Å². The molecular weight excluding hydrogens is 216 g/mol. The number of methoxy groups -OCH3 is 1. The molecule has 2 rings (SSSR count). The second-order valence-corrected chi connectivity index (χ2v) is 3.27. The summed E-state index contributed by atoms with van der Waals surface area (Å²) in [4.78, 5) is 4.14. The number of ether oxygens (including phenoxy) is 2. The Balaban J connectivity index is 0.00000112. The summed E-state index contributed by atoms with van der Waals surface area (Å²) < 4.78 is 10.7. The van der Waals surface area contributed by atoms with Gasteiger partial charge in [-0.2, -0.15) is 0 Å². The monoisotopic (exact) mass is 230 g/mol. The minimum atomic E-state index is 0. The Morgan fingerprint density at radius 3 is 2.87 bits per heavy atom. The van der Waals surface area contributed by atoms with Crippen LogP contribution < -0.4 is 14.8 Å². The molecule has 1 N–H and O–H groups in total. The molecule has 1 atom stereocenters. The van der Waals surface area contributed by atoms with Crippen molar-refractivity contribution in [3.8, 4) is 11.6 Å². The number of hydrogen-bond donors (Lipinski definition) is 1. The molecule has 1 saturated heterocycles. The molecule has 1 unspecified atom stereocenters. The molecule has 5 heteroatoms. The SMILES string of the molecule is COc1ccc(OC2CCNC2)nc1.Cl. The van der Waals surface area contributed by atoms with Crippen LogP contribution in [0.15, 0.2) is 18.3 Å². The lowest BCUT2D eigenvalue weighted by Gasteiger charge is -2.11. The Morgan fingerprint density at radius 1 is 1.47 bits per heavy atom. The normalized spacial score (nSPS) is 19.4. The highest BCUT2D eigenvalue weighted by Gasteiger charge is 2.16. The van der Waals surface area contributed by atoms with Crippen LogP contribution in [0.25, 0.3) is 0 Å². The van der Waals surface area contributed by atoms with Gasteiger partial charge < -0.3 is 14.8 Å². The van der Waals surface area contributed by atoms with Gasteiger partial charge in [-0.1, -0.05) is 0 Å². The fourth-order valence-corrected chi connectivity index (χ4v) is 1.46. The van der Waals surface area contributed by atoms with Crippen LogP contribution in [0.5, 0.6) is 11.6 Å². The largest absolute Gasteiger partial charge is 0.495 e. The summed E-state index contributed by atoms with van der Waals surface area (Å²) in [5.74, 6) is 1.42. The third kappa shape index (κ3) is 3.25. The molecule has 0 spiro atoms. The van der Waals surface area contributed by atoms with E-state index in [1.807, 2.05) is 12.1 Å². The first kappa shape index (κ1) is 12.1. The van der Waals surface area contributed by atoms with Crippen LogP contribution >= 0.6 is 12.4 Å². The minimum Gasteiger partial charge on any atom is -0.495 e. The summed E-state index contributed by atoms with van der Waals surface area (Å²) in [6.45, 7) is 1.94. The van der Waals surface area contributed by atoms with Crippen molar-refractivity contribution in [2.75, 3.05) is 20.2 Å². The van der Waals surface area contributed by atoms with E-state index in [0.29, 0.717) is 5.88 Å². The Hall–Kier alpha value is -1.00. The van der Waals surface area contributed by atoms with Crippen LogP contribution in [-0.4, -0.2) is 31.3 Å². The van der Waals surface area contributed by atoms with Gasteiger partial charge in [0.2, 0.25) is 5.88 Å². The number of nitrogens with one attached hydrogen (secondary N) is 1. The second-order valence-electron chi connectivity index (χ2n) is 3.27.